The summed E-state index contributed by atoms with van der Waals surface area (Å²) < 4.78 is 1.04. The molecule has 0 aromatic heterocycles. The van der Waals surface area contributed by atoms with Crippen molar-refractivity contribution >= 4 is 33.2 Å². The molecule has 2 N–H and O–H groups in total. The van der Waals surface area contributed by atoms with Crippen molar-refractivity contribution in [2.24, 2.45) is 0 Å². The van der Waals surface area contributed by atoms with Crippen LogP contribution in [0.5, 0.6) is 0 Å². The smallest absolute Gasteiger partial charge is 0.0813 e. The van der Waals surface area contributed by atoms with Gasteiger partial charge < -0.3 is 10.4 Å². The molecule has 0 amide bonds. The number of benzene rings is 3. The van der Waals surface area contributed by atoms with Crippen molar-refractivity contribution in [1.29, 1.82) is 0 Å². The summed E-state index contributed by atoms with van der Waals surface area (Å²) in [6.07, 6.45) is 0.989. The lowest BCUT2D eigenvalue weighted by Crippen LogP contribution is -2.15. The first-order chi connectivity index (χ1) is 13.0. The molecule has 3 aromatic rings. The minimum atomic E-state index is -0.585. The van der Waals surface area contributed by atoms with E-state index < -0.39 is 6.10 Å². The number of aliphatic hydroxyl groups is 1. The molecule has 2 unspecified atom stereocenters. The highest BCUT2D eigenvalue weighted by molar-refractivity contribution is 9.10. The summed E-state index contributed by atoms with van der Waals surface area (Å²) in [5.74, 6) is 0. The van der Waals surface area contributed by atoms with E-state index >= 15 is 0 Å². The molecule has 27 heavy (non-hydrogen) atoms. The second kappa shape index (κ2) is 9.41. The van der Waals surface area contributed by atoms with Crippen molar-refractivity contribution in [3.8, 4) is 0 Å². The summed E-state index contributed by atoms with van der Waals surface area (Å²) in [4.78, 5) is 0. The van der Waals surface area contributed by atoms with E-state index in [4.69, 9.17) is 11.6 Å². The van der Waals surface area contributed by atoms with E-state index in [1.807, 2.05) is 36.4 Å². The maximum atomic E-state index is 10.8. The molecule has 0 aliphatic carbocycles. The third-order valence-electron chi connectivity index (χ3n) is 4.69. The van der Waals surface area contributed by atoms with Gasteiger partial charge in [0, 0.05) is 21.6 Å². The zero-order valence-corrected chi connectivity index (χ0v) is 17.5. The topological polar surface area (TPSA) is 32.3 Å². The van der Waals surface area contributed by atoms with Crippen molar-refractivity contribution < 1.29 is 5.11 Å². The summed E-state index contributed by atoms with van der Waals surface area (Å²) >= 11 is 9.46. The molecule has 140 valence electrons. The van der Waals surface area contributed by atoms with Crippen molar-refractivity contribution in [3.05, 3.63) is 99.0 Å². The fourth-order valence-electron chi connectivity index (χ4n) is 3.06. The molecule has 0 spiro atoms. The molecule has 3 rings (SSSR count). The highest BCUT2D eigenvalue weighted by atomic mass is 79.9. The highest BCUT2D eigenvalue weighted by Crippen LogP contribution is 2.31. The second-order valence-corrected chi connectivity index (χ2v) is 7.95. The first-order valence-corrected chi connectivity index (χ1v) is 10.3. The normalized spacial score (nSPS) is 13.2. The van der Waals surface area contributed by atoms with Gasteiger partial charge in [-0.3, -0.25) is 0 Å². The molecular weight excluding hydrogens is 422 g/mol. The maximum Gasteiger partial charge on any atom is 0.0813 e. The van der Waals surface area contributed by atoms with E-state index in [2.05, 4.69) is 64.6 Å². The van der Waals surface area contributed by atoms with Crippen LogP contribution >= 0.6 is 27.5 Å². The molecule has 0 saturated carbocycles. The number of rotatable bonds is 7. The SMILES string of the molecule is CCc1ccc(NC(CC(O)c2ccc(Cl)cc2)c2ccc(Br)cc2)cc1. The number of nitrogens with one attached hydrogen (secondary N) is 1. The van der Waals surface area contributed by atoms with Gasteiger partial charge in [0.15, 0.2) is 0 Å². The number of halogens is 2. The fourth-order valence-corrected chi connectivity index (χ4v) is 3.45. The largest absolute Gasteiger partial charge is 0.388 e. The van der Waals surface area contributed by atoms with E-state index in [1.54, 1.807) is 0 Å². The van der Waals surface area contributed by atoms with Gasteiger partial charge in [-0.2, -0.15) is 0 Å². The number of hydrogen-bond donors (Lipinski definition) is 2. The van der Waals surface area contributed by atoms with Crippen LogP contribution in [0, 0.1) is 0 Å². The highest BCUT2D eigenvalue weighted by Gasteiger charge is 2.18. The van der Waals surface area contributed by atoms with Crippen LogP contribution < -0.4 is 5.32 Å². The molecular formula is C23H23BrClNO. The van der Waals surface area contributed by atoms with Crippen LogP contribution in [0.2, 0.25) is 5.02 Å². The van der Waals surface area contributed by atoms with Gasteiger partial charge in [-0.15, -0.1) is 0 Å². The molecule has 3 aromatic carbocycles. The standard InChI is InChI=1S/C23H23BrClNO/c1-2-16-3-13-21(14-4-16)26-22(17-5-9-19(24)10-6-17)15-23(27)18-7-11-20(25)12-8-18/h3-14,22-23,26-27H,2,15H2,1H3. The summed E-state index contributed by atoms with van der Waals surface area (Å²) in [5.41, 5.74) is 4.35. The molecule has 2 nitrogen and oxygen atoms in total. The van der Waals surface area contributed by atoms with E-state index in [-0.39, 0.29) is 6.04 Å². The van der Waals surface area contributed by atoms with Gasteiger partial charge in [0.1, 0.15) is 0 Å². The van der Waals surface area contributed by atoms with Gasteiger partial charge in [-0.05, 0) is 59.5 Å². The summed E-state index contributed by atoms with van der Waals surface area (Å²) in [5, 5.41) is 15.0. The average molecular weight is 445 g/mol. The van der Waals surface area contributed by atoms with Crippen LogP contribution in [0.25, 0.3) is 0 Å². The van der Waals surface area contributed by atoms with E-state index in [9.17, 15) is 5.11 Å². The Morgan fingerprint density at radius 2 is 1.48 bits per heavy atom. The Labute approximate surface area is 174 Å². The van der Waals surface area contributed by atoms with Crippen molar-refractivity contribution in [3.63, 3.8) is 0 Å². The lowest BCUT2D eigenvalue weighted by molar-refractivity contribution is 0.160. The molecule has 0 aliphatic rings. The first kappa shape index (κ1) is 19.9. The third kappa shape index (κ3) is 5.58. The number of aliphatic hydroxyl groups excluding tert-OH is 1. The van der Waals surface area contributed by atoms with Crippen molar-refractivity contribution in [2.45, 2.75) is 31.9 Å². The van der Waals surface area contributed by atoms with Gasteiger partial charge >= 0.3 is 0 Å². The molecule has 0 aliphatic heterocycles. The molecule has 0 heterocycles. The Hall–Kier alpha value is -1.81. The minimum absolute atomic E-state index is 0.0174. The Balaban J connectivity index is 1.82. The first-order valence-electron chi connectivity index (χ1n) is 9.09. The van der Waals surface area contributed by atoms with Crippen LogP contribution in [0.3, 0.4) is 0 Å². The lowest BCUT2D eigenvalue weighted by Gasteiger charge is -2.24. The quantitative estimate of drug-likeness (QED) is 0.413. The van der Waals surface area contributed by atoms with Crippen molar-refractivity contribution in [2.75, 3.05) is 5.32 Å². The predicted molar refractivity (Wildman–Crippen MR) is 117 cm³/mol. The third-order valence-corrected chi connectivity index (χ3v) is 5.47. The lowest BCUT2D eigenvalue weighted by atomic mass is 9.96. The Morgan fingerprint density at radius 3 is 2.07 bits per heavy atom. The summed E-state index contributed by atoms with van der Waals surface area (Å²) in [7, 11) is 0. The monoisotopic (exact) mass is 443 g/mol. The minimum Gasteiger partial charge on any atom is -0.388 e. The van der Waals surface area contributed by atoms with Gasteiger partial charge in [0.05, 0.1) is 12.1 Å². The maximum absolute atomic E-state index is 10.8. The van der Waals surface area contributed by atoms with Gasteiger partial charge in [-0.25, -0.2) is 0 Å². The Bertz CT molecular complexity index is 847. The van der Waals surface area contributed by atoms with Crippen LogP contribution in [-0.4, -0.2) is 5.11 Å². The van der Waals surface area contributed by atoms with Crippen LogP contribution in [0.4, 0.5) is 5.69 Å². The summed E-state index contributed by atoms with van der Waals surface area (Å²) in [6.45, 7) is 2.15. The van der Waals surface area contributed by atoms with Crippen molar-refractivity contribution in [1.82, 2.24) is 0 Å². The van der Waals surface area contributed by atoms with Crippen LogP contribution in [0.15, 0.2) is 77.3 Å². The Kier molecular flexibility index (Phi) is 6.95. The molecule has 0 radical (unpaired) electrons. The van der Waals surface area contributed by atoms with Crippen LogP contribution in [0.1, 0.15) is 42.2 Å². The Morgan fingerprint density at radius 1 is 0.889 bits per heavy atom. The number of aryl methyl sites for hydroxylation is 1. The molecule has 2 atom stereocenters. The molecule has 0 bridgehead atoms. The summed E-state index contributed by atoms with van der Waals surface area (Å²) in [6, 6.07) is 24.0. The zero-order chi connectivity index (χ0) is 19.2. The average Bonchev–Trinajstić information content (AvgIpc) is 2.69. The molecule has 4 heteroatoms. The number of anilines is 1. The molecule has 0 saturated heterocycles. The van der Waals surface area contributed by atoms with Gasteiger partial charge in [-0.1, -0.05) is 70.9 Å². The van der Waals surface area contributed by atoms with E-state index in [1.165, 1.54) is 5.56 Å². The predicted octanol–water partition coefficient (Wildman–Crippen LogP) is 6.94. The molecule has 0 fully saturated rings. The number of hydrogen-bond acceptors (Lipinski definition) is 2. The zero-order valence-electron chi connectivity index (χ0n) is 15.2. The van der Waals surface area contributed by atoms with Gasteiger partial charge in [0.25, 0.3) is 0 Å². The fraction of sp³-hybridized carbons (Fsp3) is 0.217. The second-order valence-electron chi connectivity index (χ2n) is 6.60. The van der Waals surface area contributed by atoms with E-state index in [0.29, 0.717) is 11.4 Å². The van der Waals surface area contributed by atoms with E-state index in [0.717, 1.165) is 27.7 Å². The van der Waals surface area contributed by atoms with Crippen LogP contribution in [-0.2, 0) is 6.42 Å². The van der Waals surface area contributed by atoms with Gasteiger partial charge in [0.2, 0.25) is 0 Å².